The summed E-state index contributed by atoms with van der Waals surface area (Å²) >= 11 is 0. The van der Waals surface area contributed by atoms with Gasteiger partial charge in [-0.3, -0.25) is 4.90 Å². The first-order valence-electron chi connectivity index (χ1n) is 10.8. The number of rotatable bonds is 5. The summed E-state index contributed by atoms with van der Waals surface area (Å²) in [5, 5.41) is 0. The Morgan fingerprint density at radius 3 is 2.43 bits per heavy atom. The van der Waals surface area contributed by atoms with Crippen molar-refractivity contribution in [2.75, 3.05) is 26.2 Å². The molecule has 2 bridgehead atoms. The van der Waals surface area contributed by atoms with Crippen molar-refractivity contribution in [2.24, 2.45) is 5.41 Å². The molecule has 1 aliphatic carbocycles. The highest BCUT2D eigenvalue weighted by Crippen LogP contribution is 2.50. The number of morpholine rings is 1. The number of fused-ring (bicyclic) bond motifs is 2. The van der Waals surface area contributed by atoms with Crippen molar-refractivity contribution in [1.29, 1.82) is 0 Å². The van der Waals surface area contributed by atoms with Crippen LogP contribution in [0.1, 0.15) is 38.5 Å². The molecule has 3 atom stereocenters. The van der Waals surface area contributed by atoms with Gasteiger partial charge in [-0.05, 0) is 68.2 Å². The van der Waals surface area contributed by atoms with E-state index in [1.54, 1.807) is 4.31 Å². The fourth-order valence-corrected chi connectivity index (χ4v) is 7.37. The Hall–Kier alpha value is -1.29. The van der Waals surface area contributed by atoms with Gasteiger partial charge in [-0.2, -0.15) is 13.1 Å². The van der Waals surface area contributed by atoms with E-state index in [2.05, 4.69) is 9.64 Å². The topological polar surface area (TPSA) is 59.1 Å². The van der Waals surface area contributed by atoms with Gasteiger partial charge in [0.25, 0.3) is 0 Å². The van der Waals surface area contributed by atoms with Crippen molar-refractivity contribution >= 4 is 10.0 Å². The summed E-state index contributed by atoms with van der Waals surface area (Å²) in [6.07, 6.45) is 6.86. The van der Waals surface area contributed by atoms with Crippen molar-refractivity contribution in [3.05, 3.63) is 24.3 Å². The quantitative estimate of drug-likeness (QED) is 0.702. The number of benzene rings is 1. The number of piperidine rings is 1. The molecule has 0 N–H and O–H groups in total. The van der Waals surface area contributed by atoms with Crippen molar-refractivity contribution < 1.29 is 26.7 Å². The standard InChI is InChI=1S/C21H28F2N2O4S/c22-20(23)29-17-1-3-19(4-2-17)30(26,27)24-9-7-21(8-10-24)6-5-15(12-21)25-13-18-11-16(25)14-28-18/h1-4,15-16,18,20H,5-14H2. The Labute approximate surface area is 176 Å². The maximum Gasteiger partial charge on any atom is 0.387 e. The average molecular weight is 443 g/mol. The molecule has 1 saturated carbocycles. The minimum absolute atomic E-state index is 0.0421. The van der Waals surface area contributed by atoms with E-state index >= 15 is 0 Å². The van der Waals surface area contributed by atoms with E-state index in [-0.39, 0.29) is 16.1 Å². The number of ether oxygens (including phenoxy) is 2. The number of halogens is 2. The molecule has 1 aromatic carbocycles. The summed E-state index contributed by atoms with van der Waals surface area (Å²) < 4.78 is 62.2. The molecule has 4 aliphatic rings. The monoisotopic (exact) mass is 442 g/mol. The van der Waals surface area contributed by atoms with E-state index in [0.717, 1.165) is 38.8 Å². The fourth-order valence-electron chi connectivity index (χ4n) is 5.93. The second kappa shape index (κ2) is 7.69. The Bertz CT molecular complexity index is 871. The van der Waals surface area contributed by atoms with E-state index in [4.69, 9.17) is 4.74 Å². The first-order chi connectivity index (χ1) is 14.3. The first-order valence-corrected chi connectivity index (χ1v) is 12.2. The molecule has 5 rings (SSSR count). The van der Waals surface area contributed by atoms with Crippen molar-refractivity contribution in [3.8, 4) is 5.75 Å². The zero-order valence-corrected chi connectivity index (χ0v) is 17.7. The Morgan fingerprint density at radius 1 is 1.10 bits per heavy atom. The summed E-state index contributed by atoms with van der Waals surface area (Å²) in [5.74, 6) is -0.0421. The van der Waals surface area contributed by atoms with Crippen LogP contribution in [-0.4, -0.2) is 68.7 Å². The third-order valence-electron chi connectivity index (χ3n) is 7.56. The van der Waals surface area contributed by atoms with Gasteiger partial charge in [0.2, 0.25) is 10.0 Å². The molecule has 3 unspecified atom stereocenters. The van der Waals surface area contributed by atoms with Crippen LogP contribution < -0.4 is 4.74 Å². The highest BCUT2D eigenvalue weighted by molar-refractivity contribution is 7.89. The lowest BCUT2D eigenvalue weighted by Crippen LogP contribution is -2.45. The van der Waals surface area contributed by atoms with Crippen LogP contribution in [-0.2, 0) is 14.8 Å². The Morgan fingerprint density at radius 2 is 1.83 bits per heavy atom. The largest absolute Gasteiger partial charge is 0.435 e. The molecule has 9 heteroatoms. The average Bonchev–Trinajstić information content (AvgIpc) is 3.44. The summed E-state index contributed by atoms with van der Waals surface area (Å²) in [7, 11) is -3.63. The van der Waals surface area contributed by atoms with Crippen LogP contribution in [0, 0.1) is 5.41 Å². The molecule has 3 saturated heterocycles. The Kier molecular flexibility index (Phi) is 5.28. The number of alkyl halides is 2. The van der Waals surface area contributed by atoms with Crippen LogP contribution in [0.4, 0.5) is 8.78 Å². The van der Waals surface area contributed by atoms with Gasteiger partial charge < -0.3 is 9.47 Å². The summed E-state index contributed by atoms with van der Waals surface area (Å²) in [6.45, 7) is 0.0154. The molecular weight excluding hydrogens is 414 g/mol. The highest BCUT2D eigenvalue weighted by Gasteiger charge is 2.49. The zero-order valence-electron chi connectivity index (χ0n) is 16.9. The van der Waals surface area contributed by atoms with Crippen molar-refractivity contribution in [1.82, 2.24) is 9.21 Å². The van der Waals surface area contributed by atoms with E-state index in [0.29, 0.717) is 31.3 Å². The van der Waals surface area contributed by atoms with E-state index in [9.17, 15) is 17.2 Å². The molecule has 1 aromatic rings. The minimum Gasteiger partial charge on any atom is -0.435 e. The van der Waals surface area contributed by atoms with Crippen LogP contribution in [0.25, 0.3) is 0 Å². The number of sulfonamides is 1. The lowest BCUT2D eigenvalue weighted by molar-refractivity contribution is -0.0498. The number of hydrogen-bond donors (Lipinski definition) is 0. The maximum absolute atomic E-state index is 13.0. The van der Waals surface area contributed by atoms with Gasteiger partial charge >= 0.3 is 6.61 Å². The van der Waals surface area contributed by atoms with Crippen LogP contribution >= 0.6 is 0 Å². The van der Waals surface area contributed by atoms with Crippen LogP contribution in [0.5, 0.6) is 5.75 Å². The Balaban J connectivity index is 1.20. The molecular formula is C21H28F2N2O4S. The van der Waals surface area contributed by atoms with E-state index < -0.39 is 16.6 Å². The molecule has 0 aromatic heterocycles. The predicted octanol–water partition coefficient (Wildman–Crippen LogP) is 3.08. The predicted molar refractivity (Wildman–Crippen MR) is 106 cm³/mol. The highest BCUT2D eigenvalue weighted by atomic mass is 32.2. The molecule has 30 heavy (non-hydrogen) atoms. The van der Waals surface area contributed by atoms with E-state index in [1.165, 1.54) is 37.1 Å². The molecule has 1 spiro atoms. The summed E-state index contributed by atoms with van der Waals surface area (Å²) in [5.41, 5.74) is 0.244. The van der Waals surface area contributed by atoms with Crippen LogP contribution in [0.3, 0.4) is 0 Å². The molecule has 3 heterocycles. The van der Waals surface area contributed by atoms with Crippen molar-refractivity contribution in [3.63, 3.8) is 0 Å². The van der Waals surface area contributed by atoms with Gasteiger partial charge in [-0.1, -0.05) is 0 Å². The van der Waals surface area contributed by atoms with E-state index in [1.807, 2.05) is 0 Å². The molecule has 0 amide bonds. The molecule has 4 fully saturated rings. The van der Waals surface area contributed by atoms with Gasteiger partial charge in [0.05, 0.1) is 17.6 Å². The van der Waals surface area contributed by atoms with Gasteiger partial charge in [0.1, 0.15) is 5.75 Å². The second-order valence-electron chi connectivity index (χ2n) is 9.19. The van der Waals surface area contributed by atoms with Gasteiger partial charge in [-0.25, -0.2) is 8.42 Å². The zero-order chi connectivity index (χ0) is 20.9. The van der Waals surface area contributed by atoms with Crippen molar-refractivity contribution in [2.45, 2.75) is 68.2 Å². The molecule has 0 radical (unpaired) electrons. The summed E-state index contributed by atoms with van der Waals surface area (Å²) in [4.78, 5) is 2.77. The molecule has 6 nitrogen and oxygen atoms in total. The number of nitrogens with zero attached hydrogens (tertiary/aromatic N) is 2. The smallest absolute Gasteiger partial charge is 0.387 e. The molecule has 166 valence electrons. The normalized spacial score (nSPS) is 31.8. The maximum atomic E-state index is 13.0. The van der Waals surface area contributed by atoms with Gasteiger partial charge in [-0.15, -0.1) is 0 Å². The third kappa shape index (κ3) is 3.74. The second-order valence-corrected chi connectivity index (χ2v) is 11.1. The molecule has 3 aliphatic heterocycles. The fraction of sp³-hybridized carbons (Fsp3) is 0.714. The number of hydrogen-bond acceptors (Lipinski definition) is 5. The number of likely N-dealkylation sites (tertiary alicyclic amines) is 1. The van der Waals surface area contributed by atoms with Gasteiger partial charge in [0.15, 0.2) is 0 Å². The lowest BCUT2D eigenvalue weighted by atomic mass is 9.77. The summed E-state index contributed by atoms with van der Waals surface area (Å²) in [6, 6.07) is 6.42. The van der Waals surface area contributed by atoms with Gasteiger partial charge in [0, 0.05) is 31.7 Å². The van der Waals surface area contributed by atoms with Crippen LogP contribution in [0.2, 0.25) is 0 Å². The first kappa shape index (κ1) is 20.6. The third-order valence-corrected chi connectivity index (χ3v) is 9.47. The van der Waals surface area contributed by atoms with Crippen LogP contribution in [0.15, 0.2) is 29.2 Å². The minimum atomic E-state index is -3.63. The SMILES string of the molecule is O=S(=O)(c1ccc(OC(F)F)cc1)N1CCC2(CCC(N3CC4CC3CO4)C2)CC1. The lowest BCUT2D eigenvalue weighted by Gasteiger charge is -2.40.